The molecule has 0 aliphatic heterocycles. The van der Waals surface area contributed by atoms with Gasteiger partial charge in [-0.2, -0.15) is 0 Å². The third-order valence-corrected chi connectivity index (χ3v) is 5.52. The largest absolute Gasteiger partial charge is 0.497 e. The smallest absolute Gasteiger partial charge is 0.313 e. The summed E-state index contributed by atoms with van der Waals surface area (Å²) >= 11 is 0. The van der Waals surface area contributed by atoms with Crippen LogP contribution in [-0.2, 0) is 19.8 Å². The van der Waals surface area contributed by atoms with Gasteiger partial charge in [0.15, 0.2) is 0 Å². The maximum absolute atomic E-state index is 12.4. The first-order valence-corrected chi connectivity index (χ1v) is 10.0. The fourth-order valence-corrected chi connectivity index (χ4v) is 3.92. The summed E-state index contributed by atoms with van der Waals surface area (Å²) in [4.78, 5) is 35.8. The number of ether oxygens (including phenoxy) is 1. The summed E-state index contributed by atoms with van der Waals surface area (Å²) in [5, 5.41) is 8.04. The van der Waals surface area contributed by atoms with E-state index in [0.29, 0.717) is 17.9 Å². The quantitative estimate of drug-likeness (QED) is 0.638. The number of carbonyl (C=O) groups is 3. The van der Waals surface area contributed by atoms with E-state index in [1.165, 1.54) is 6.92 Å². The number of rotatable bonds is 6. The van der Waals surface area contributed by atoms with Crippen LogP contribution in [0.3, 0.4) is 0 Å². The fourth-order valence-electron chi connectivity index (χ4n) is 3.92. The first-order chi connectivity index (χ1) is 14.4. The van der Waals surface area contributed by atoms with Gasteiger partial charge in [-0.15, -0.1) is 0 Å². The summed E-state index contributed by atoms with van der Waals surface area (Å²) in [6.07, 6.45) is 4.11. The van der Waals surface area contributed by atoms with E-state index in [2.05, 4.69) is 16.0 Å². The van der Waals surface area contributed by atoms with Crippen LogP contribution in [0.25, 0.3) is 0 Å². The van der Waals surface area contributed by atoms with Crippen molar-refractivity contribution in [2.45, 2.75) is 38.0 Å². The number of benzene rings is 2. The van der Waals surface area contributed by atoms with E-state index in [0.717, 1.165) is 37.0 Å². The van der Waals surface area contributed by atoms with Crippen molar-refractivity contribution in [3.8, 4) is 5.75 Å². The van der Waals surface area contributed by atoms with E-state index < -0.39 is 11.8 Å². The molecule has 0 unspecified atom stereocenters. The molecule has 1 fully saturated rings. The molecule has 7 nitrogen and oxygen atoms in total. The lowest BCUT2D eigenvalue weighted by molar-refractivity contribution is -0.136. The highest BCUT2D eigenvalue weighted by molar-refractivity contribution is 6.39. The van der Waals surface area contributed by atoms with E-state index in [1.807, 2.05) is 24.3 Å². The minimum absolute atomic E-state index is 0.164. The first kappa shape index (κ1) is 21.4. The lowest BCUT2D eigenvalue weighted by Crippen LogP contribution is -2.43. The van der Waals surface area contributed by atoms with Crippen molar-refractivity contribution in [2.75, 3.05) is 24.3 Å². The SMILES string of the molecule is COc1ccc(C2(CNC(=O)C(=O)Nc3ccc(NC(C)=O)cc3)CCCC2)cc1. The van der Waals surface area contributed by atoms with Crippen molar-refractivity contribution in [1.29, 1.82) is 0 Å². The Balaban J connectivity index is 1.59. The van der Waals surface area contributed by atoms with Crippen LogP contribution in [0, 0.1) is 0 Å². The average Bonchev–Trinajstić information content (AvgIpc) is 3.23. The zero-order valence-electron chi connectivity index (χ0n) is 17.3. The van der Waals surface area contributed by atoms with Gasteiger partial charge in [-0.1, -0.05) is 25.0 Å². The molecule has 1 saturated carbocycles. The Kier molecular flexibility index (Phi) is 6.72. The Hall–Kier alpha value is -3.35. The Labute approximate surface area is 176 Å². The van der Waals surface area contributed by atoms with Crippen LogP contribution in [0.5, 0.6) is 5.75 Å². The number of nitrogens with one attached hydrogen (secondary N) is 3. The number of anilines is 2. The van der Waals surface area contributed by atoms with Gasteiger partial charge in [-0.05, 0) is 54.8 Å². The summed E-state index contributed by atoms with van der Waals surface area (Å²) in [6.45, 7) is 1.83. The van der Waals surface area contributed by atoms with Gasteiger partial charge in [0.1, 0.15) is 5.75 Å². The highest BCUT2D eigenvalue weighted by Gasteiger charge is 2.36. The maximum Gasteiger partial charge on any atom is 0.313 e. The Morgan fingerprint density at radius 2 is 1.43 bits per heavy atom. The van der Waals surface area contributed by atoms with Crippen LogP contribution in [0.15, 0.2) is 48.5 Å². The third-order valence-electron chi connectivity index (χ3n) is 5.52. The van der Waals surface area contributed by atoms with E-state index in [1.54, 1.807) is 31.4 Å². The van der Waals surface area contributed by atoms with Gasteiger partial charge in [0.2, 0.25) is 5.91 Å². The summed E-state index contributed by atoms with van der Waals surface area (Å²) in [5.41, 5.74) is 2.08. The van der Waals surface area contributed by atoms with Crippen LogP contribution in [0.2, 0.25) is 0 Å². The minimum atomic E-state index is -0.717. The highest BCUT2D eigenvalue weighted by Crippen LogP contribution is 2.41. The van der Waals surface area contributed by atoms with E-state index >= 15 is 0 Å². The molecule has 0 heterocycles. The molecule has 3 N–H and O–H groups in total. The van der Waals surface area contributed by atoms with E-state index in [9.17, 15) is 14.4 Å². The Bertz CT molecular complexity index is 901. The molecular weight excluding hydrogens is 382 g/mol. The van der Waals surface area contributed by atoms with Gasteiger partial charge >= 0.3 is 11.8 Å². The molecule has 0 spiro atoms. The zero-order valence-corrected chi connectivity index (χ0v) is 17.3. The third kappa shape index (κ3) is 5.17. The molecule has 0 radical (unpaired) electrons. The molecule has 0 aromatic heterocycles. The van der Waals surface area contributed by atoms with Crippen LogP contribution < -0.4 is 20.7 Å². The monoisotopic (exact) mass is 409 g/mol. The van der Waals surface area contributed by atoms with Crippen molar-refractivity contribution in [3.63, 3.8) is 0 Å². The fraction of sp³-hybridized carbons (Fsp3) is 0.348. The molecule has 0 bridgehead atoms. The molecule has 2 aromatic rings. The zero-order chi connectivity index (χ0) is 21.6. The predicted molar refractivity (Wildman–Crippen MR) is 116 cm³/mol. The van der Waals surface area contributed by atoms with Crippen molar-refractivity contribution < 1.29 is 19.1 Å². The molecule has 1 aliphatic rings. The highest BCUT2D eigenvalue weighted by atomic mass is 16.5. The number of carbonyl (C=O) groups excluding carboxylic acids is 3. The summed E-state index contributed by atoms with van der Waals surface area (Å²) in [6, 6.07) is 14.5. The van der Waals surface area contributed by atoms with Gasteiger partial charge in [0, 0.05) is 30.3 Å². The van der Waals surface area contributed by atoms with Gasteiger partial charge < -0.3 is 20.7 Å². The molecule has 158 valence electrons. The number of hydrogen-bond acceptors (Lipinski definition) is 4. The lowest BCUT2D eigenvalue weighted by atomic mass is 9.78. The summed E-state index contributed by atoms with van der Waals surface area (Å²) in [5.74, 6) is -0.769. The normalized spacial score (nSPS) is 14.6. The second-order valence-electron chi connectivity index (χ2n) is 7.61. The van der Waals surface area contributed by atoms with Crippen molar-refractivity contribution in [2.24, 2.45) is 0 Å². The van der Waals surface area contributed by atoms with Gasteiger partial charge in [0.25, 0.3) is 0 Å². The van der Waals surface area contributed by atoms with Gasteiger partial charge in [0.05, 0.1) is 7.11 Å². The van der Waals surface area contributed by atoms with E-state index in [-0.39, 0.29) is 11.3 Å². The van der Waals surface area contributed by atoms with Crippen molar-refractivity contribution >= 4 is 29.1 Å². The Morgan fingerprint density at radius 3 is 1.97 bits per heavy atom. The molecule has 1 aliphatic carbocycles. The Morgan fingerprint density at radius 1 is 0.867 bits per heavy atom. The molecule has 0 saturated heterocycles. The lowest BCUT2D eigenvalue weighted by Gasteiger charge is -2.30. The summed E-state index contributed by atoms with van der Waals surface area (Å²) in [7, 11) is 1.63. The maximum atomic E-state index is 12.4. The molecule has 0 atom stereocenters. The van der Waals surface area contributed by atoms with Crippen molar-refractivity contribution in [1.82, 2.24) is 5.32 Å². The molecule has 7 heteroatoms. The van der Waals surface area contributed by atoms with Gasteiger partial charge in [-0.3, -0.25) is 14.4 Å². The van der Waals surface area contributed by atoms with Crippen LogP contribution in [-0.4, -0.2) is 31.4 Å². The van der Waals surface area contributed by atoms with Crippen molar-refractivity contribution in [3.05, 3.63) is 54.1 Å². The topological polar surface area (TPSA) is 96.5 Å². The second kappa shape index (κ2) is 9.43. The predicted octanol–water partition coefficient (Wildman–Crippen LogP) is 3.22. The molecule has 3 amide bonds. The van der Waals surface area contributed by atoms with Crippen LogP contribution >= 0.6 is 0 Å². The summed E-state index contributed by atoms with van der Waals surface area (Å²) < 4.78 is 5.23. The average molecular weight is 409 g/mol. The number of hydrogen-bond donors (Lipinski definition) is 3. The van der Waals surface area contributed by atoms with E-state index in [4.69, 9.17) is 4.74 Å². The number of amides is 3. The molecular formula is C23H27N3O4. The number of methoxy groups -OCH3 is 1. The van der Waals surface area contributed by atoms with Gasteiger partial charge in [-0.25, -0.2) is 0 Å². The molecule has 2 aromatic carbocycles. The standard InChI is InChI=1S/C23H27N3O4/c1-16(27)25-18-7-9-19(10-8-18)26-22(29)21(28)24-15-23(13-3-4-14-23)17-5-11-20(30-2)12-6-17/h5-12H,3-4,13-15H2,1-2H3,(H,24,28)(H,25,27)(H,26,29). The van der Waals surface area contributed by atoms with Crippen LogP contribution in [0.4, 0.5) is 11.4 Å². The molecule has 3 rings (SSSR count). The minimum Gasteiger partial charge on any atom is -0.497 e. The molecule has 30 heavy (non-hydrogen) atoms. The second-order valence-corrected chi connectivity index (χ2v) is 7.61. The van der Waals surface area contributed by atoms with Crippen LogP contribution in [0.1, 0.15) is 38.2 Å². The first-order valence-electron chi connectivity index (χ1n) is 10.0.